The first kappa shape index (κ1) is 16.6. The highest BCUT2D eigenvalue weighted by atomic mass is 79.9. The van der Waals surface area contributed by atoms with Crippen molar-refractivity contribution in [2.75, 3.05) is 20.8 Å². The Balaban J connectivity index is 2.20. The van der Waals surface area contributed by atoms with E-state index in [1.807, 2.05) is 12.1 Å². The SMILES string of the molecule is COc1cc(Br)c(C(CO)NC2CCCCC2)cc1OC. The maximum absolute atomic E-state index is 9.77. The molecule has 1 unspecified atom stereocenters. The number of aliphatic hydroxyl groups is 1. The molecule has 4 nitrogen and oxygen atoms in total. The number of aliphatic hydroxyl groups excluding tert-OH is 1. The lowest BCUT2D eigenvalue weighted by atomic mass is 9.94. The van der Waals surface area contributed by atoms with Crippen LogP contribution in [0.15, 0.2) is 16.6 Å². The van der Waals surface area contributed by atoms with Crippen molar-refractivity contribution in [3.05, 3.63) is 22.2 Å². The number of hydrogen-bond donors (Lipinski definition) is 2. The van der Waals surface area contributed by atoms with Gasteiger partial charge in [0.15, 0.2) is 11.5 Å². The molecule has 0 saturated heterocycles. The minimum Gasteiger partial charge on any atom is -0.493 e. The van der Waals surface area contributed by atoms with E-state index in [1.54, 1.807) is 14.2 Å². The molecule has 1 aliphatic rings. The summed E-state index contributed by atoms with van der Waals surface area (Å²) in [5.74, 6) is 1.36. The molecule has 118 valence electrons. The second kappa shape index (κ2) is 8.01. The van der Waals surface area contributed by atoms with Crippen molar-refractivity contribution in [2.24, 2.45) is 0 Å². The second-order valence-electron chi connectivity index (χ2n) is 5.47. The minimum atomic E-state index is -0.0951. The molecule has 0 heterocycles. The summed E-state index contributed by atoms with van der Waals surface area (Å²) < 4.78 is 11.6. The Morgan fingerprint density at radius 2 is 1.81 bits per heavy atom. The number of rotatable bonds is 6. The van der Waals surface area contributed by atoms with Crippen LogP contribution in [-0.2, 0) is 0 Å². The fourth-order valence-corrected chi connectivity index (χ4v) is 3.53. The van der Waals surface area contributed by atoms with Gasteiger partial charge in [0, 0.05) is 10.5 Å². The number of ether oxygens (including phenoxy) is 2. The minimum absolute atomic E-state index is 0.0601. The van der Waals surface area contributed by atoms with E-state index < -0.39 is 0 Å². The smallest absolute Gasteiger partial charge is 0.161 e. The number of methoxy groups -OCH3 is 2. The molecule has 0 aliphatic heterocycles. The monoisotopic (exact) mass is 357 g/mol. The van der Waals surface area contributed by atoms with Gasteiger partial charge in [0.2, 0.25) is 0 Å². The highest BCUT2D eigenvalue weighted by Crippen LogP contribution is 2.36. The number of benzene rings is 1. The standard InChI is InChI=1S/C16H24BrNO3/c1-20-15-8-12(13(17)9-16(15)21-2)14(10-19)18-11-6-4-3-5-7-11/h8-9,11,14,18-19H,3-7,10H2,1-2H3. The van der Waals surface area contributed by atoms with Crippen LogP contribution in [0, 0.1) is 0 Å². The van der Waals surface area contributed by atoms with E-state index in [0.29, 0.717) is 17.5 Å². The number of hydrogen-bond acceptors (Lipinski definition) is 4. The maximum Gasteiger partial charge on any atom is 0.161 e. The van der Waals surface area contributed by atoms with E-state index in [-0.39, 0.29) is 12.6 Å². The molecule has 1 atom stereocenters. The molecule has 0 amide bonds. The van der Waals surface area contributed by atoms with E-state index in [1.165, 1.54) is 32.1 Å². The van der Waals surface area contributed by atoms with Gasteiger partial charge in [-0.15, -0.1) is 0 Å². The Hall–Kier alpha value is -0.780. The number of nitrogens with one attached hydrogen (secondary N) is 1. The van der Waals surface area contributed by atoms with E-state index >= 15 is 0 Å². The molecule has 0 spiro atoms. The Labute approximate surface area is 135 Å². The predicted molar refractivity (Wildman–Crippen MR) is 87.1 cm³/mol. The Morgan fingerprint density at radius 3 is 2.38 bits per heavy atom. The van der Waals surface area contributed by atoms with Crippen LogP contribution in [0.4, 0.5) is 0 Å². The van der Waals surface area contributed by atoms with Crippen molar-refractivity contribution in [1.82, 2.24) is 5.32 Å². The normalized spacial score (nSPS) is 17.5. The fraction of sp³-hybridized carbons (Fsp3) is 0.625. The highest BCUT2D eigenvalue weighted by molar-refractivity contribution is 9.10. The molecular formula is C16H24BrNO3. The molecule has 0 radical (unpaired) electrons. The maximum atomic E-state index is 9.77. The second-order valence-corrected chi connectivity index (χ2v) is 6.32. The molecule has 0 bridgehead atoms. The zero-order chi connectivity index (χ0) is 15.2. The van der Waals surface area contributed by atoms with E-state index in [9.17, 15) is 5.11 Å². The van der Waals surface area contributed by atoms with E-state index in [0.717, 1.165) is 10.0 Å². The van der Waals surface area contributed by atoms with Crippen molar-refractivity contribution in [3.8, 4) is 11.5 Å². The molecule has 1 fully saturated rings. The van der Waals surface area contributed by atoms with Crippen LogP contribution in [0.2, 0.25) is 0 Å². The summed E-state index contributed by atoms with van der Waals surface area (Å²) in [6.45, 7) is 0.0601. The van der Waals surface area contributed by atoms with E-state index in [4.69, 9.17) is 9.47 Å². The average Bonchev–Trinajstić information content (AvgIpc) is 2.53. The van der Waals surface area contributed by atoms with Crippen LogP contribution < -0.4 is 14.8 Å². The van der Waals surface area contributed by atoms with Crippen molar-refractivity contribution in [3.63, 3.8) is 0 Å². The average molecular weight is 358 g/mol. The third-order valence-electron chi connectivity index (χ3n) is 4.10. The molecule has 1 saturated carbocycles. The predicted octanol–water partition coefficient (Wildman–Crippen LogP) is 3.42. The summed E-state index contributed by atoms with van der Waals surface area (Å²) >= 11 is 3.57. The van der Waals surface area contributed by atoms with Gasteiger partial charge in [-0.2, -0.15) is 0 Å². The van der Waals surface area contributed by atoms with Gasteiger partial charge in [-0.25, -0.2) is 0 Å². The lowest BCUT2D eigenvalue weighted by Crippen LogP contribution is -2.36. The van der Waals surface area contributed by atoms with Crippen molar-refractivity contribution in [2.45, 2.75) is 44.2 Å². The molecule has 1 aromatic carbocycles. The summed E-state index contributed by atoms with van der Waals surface area (Å²) in [6, 6.07) is 4.21. The third kappa shape index (κ3) is 4.11. The zero-order valence-electron chi connectivity index (χ0n) is 12.7. The molecule has 1 aromatic rings. The summed E-state index contributed by atoms with van der Waals surface area (Å²) in [4.78, 5) is 0. The lowest BCUT2D eigenvalue weighted by molar-refractivity contribution is 0.219. The lowest BCUT2D eigenvalue weighted by Gasteiger charge is -2.28. The summed E-state index contributed by atoms with van der Waals surface area (Å²) in [5, 5.41) is 13.3. The first-order chi connectivity index (χ1) is 10.2. The molecule has 2 N–H and O–H groups in total. The molecule has 5 heteroatoms. The van der Waals surface area contributed by atoms with Crippen molar-refractivity contribution in [1.29, 1.82) is 0 Å². The van der Waals surface area contributed by atoms with Crippen molar-refractivity contribution >= 4 is 15.9 Å². The van der Waals surface area contributed by atoms with Gasteiger partial charge in [0.25, 0.3) is 0 Å². The molecule has 21 heavy (non-hydrogen) atoms. The van der Waals surface area contributed by atoms with Crippen molar-refractivity contribution < 1.29 is 14.6 Å². The van der Waals surface area contributed by atoms with Crippen LogP contribution in [0.1, 0.15) is 43.7 Å². The zero-order valence-corrected chi connectivity index (χ0v) is 14.3. The van der Waals surface area contributed by atoms with Gasteiger partial charge in [0.1, 0.15) is 0 Å². The summed E-state index contributed by atoms with van der Waals surface area (Å²) in [6.07, 6.45) is 6.22. The topological polar surface area (TPSA) is 50.7 Å². The Bertz CT molecular complexity index is 461. The van der Waals surface area contributed by atoms with Crippen LogP contribution in [0.3, 0.4) is 0 Å². The van der Waals surface area contributed by atoms with Gasteiger partial charge in [-0.05, 0) is 30.5 Å². The van der Waals surface area contributed by atoms with Gasteiger partial charge in [-0.3, -0.25) is 0 Å². The Morgan fingerprint density at radius 1 is 1.19 bits per heavy atom. The molecule has 1 aliphatic carbocycles. The highest BCUT2D eigenvalue weighted by Gasteiger charge is 2.22. The first-order valence-electron chi connectivity index (χ1n) is 7.48. The molecule has 2 rings (SSSR count). The summed E-state index contributed by atoms with van der Waals surface area (Å²) in [7, 11) is 3.24. The number of halogens is 1. The summed E-state index contributed by atoms with van der Waals surface area (Å²) in [5.41, 5.74) is 1.00. The molecular weight excluding hydrogens is 334 g/mol. The van der Waals surface area contributed by atoms with Gasteiger partial charge < -0.3 is 19.9 Å². The third-order valence-corrected chi connectivity index (χ3v) is 4.79. The Kier molecular flexibility index (Phi) is 6.33. The fourth-order valence-electron chi connectivity index (χ4n) is 2.93. The van der Waals surface area contributed by atoms with Gasteiger partial charge >= 0.3 is 0 Å². The first-order valence-corrected chi connectivity index (χ1v) is 8.27. The van der Waals surface area contributed by atoms with Crippen LogP contribution in [0.25, 0.3) is 0 Å². The van der Waals surface area contributed by atoms with Gasteiger partial charge in [0.05, 0.1) is 26.9 Å². The van der Waals surface area contributed by atoms with Crippen LogP contribution >= 0.6 is 15.9 Å². The van der Waals surface area contributed by atoms with E-state index in [2.05, 4.69) is 21.2 Å². The van der Waals surface area contributed by atoms with Gasteiger partial charge in [-0.1, -0.05) is 35.2 Å². The molecule has 0 aromatic heterocycles. The van der Waals surface area contributed by atoms with Crippen LogP contribution in [0.5, 0.6) is 11.5 Å². The largest absolute Gasteiger partial charge is 0.493 e. The van der Waals surface area contributed by atoms with Crippen LogP contribution in [-0.4, -0.2) is 32.0 Å². The quantitative estimate of drug-likeness (QED) is 0.818.